The Morgan fingerprint density at radius 3 is 2.44 bits per heavy atom. The number of methoxy groups -OCH3 is 1. The number of carbonyl (C=O) groups excluding carboxylic acids is 1. The van der Waals surface area contributed by atoms with Gasteiger partial charge in [0.2, 0.25) is 5.91 Å². The highest BCUT2D eigenvalue weighted by atomic mass is 16.5. The van der Waals surface area contributed by atoms with Gasteiger partial charge >= 0.3 is 5.97 Å². The zero-order valence-corrected chi connectivity index (χ0v) is 15.6. The molecule has 2 rings (SSSR count). The number of carboxylic acids is 1. The third-order valence-corrected chi connectivity index (χ3v) is 4.15. The van der Waals surface area contributed by atoms with Crippen molar-refractivity contribution in [2.75, 3.05) is 20.3 Å². The molecule has 0 radical (unpaired) electrons. The monoisotopic (exact) mass is 371 g/mol. The fourth-order valence-corrected chi connectivity index (χ4v) is 2.74. The van der Waals surface area contributed by atoms with Crippen LogP contribution in [0.3, 0.4) is 0 Å². The van der Waals surface area contributed by atoms with Crippen molar-refractivity contribution in [1.82, 2.24) is 5.32 Å². The van der Waals surface area contributed by atoms with Crippen molar-refractivity contribution in [3.05, 3.63) is 59.7 Å². The summed E-state index contributed by atoms with van der Waals surface area (Å²) in [7, 11) is 1.55. The largest absolute Gasteiger partial charge is 0.496 e. The fraction of sp³-hybridized carbons (Fsp3) is 0.333. The minimum Gasteiger partial charge on any atom is -0.496 e. The molecule has 0 aliphatic heterocycles. The second-order valence-electron chi connectivity index (χ2n) is 6.11. The van der Waals surface area contributed by atoms with Crippen molar-refractivity contribution in [1.29, 1.82) is 0 Å². The molecule has 1 unspecified atom stereocenters. The third kappa shape index (κ3) is 6.33. The summed E-state index contributed by atoms with van der Waals surface area (Å²) in [4.78, 5) is 23.7. The van der Waals surface area contributed by atoms with E-state index in [2.05, 4.69) is 5.32 Å². The van der Waals surface area contributed by atoms with E-state index in [1.807, 2.05) is 49.4 Å². The van der Waals surface area contributed by atoms with Crippen molar-refractivity contribution >= 4 is 11.9 Å². The van der Waals surface area contributed by atoms with Crippen LogP contribution in [0.2, 0.25) is 0 Å². The van der Waals surface area contributed by atoms with E-state index in [0.29, 0.717) is 12.4 Å². The van der Waals surface area contributed by atoms with Crippen LogP contribution in [0.5, 0.6) is 11.5 Å². The molecule has 6 heteroatoms. The van der Waals surface area contributed by atoms with Crippen LogP contribution < -0.4 is 14.8 Å². The first-order chi connectivity index (χ1) is 13.0. The summed E-state index contributed by atoms with van der Waals surface area (Å²) in [5.74, 6) is -0.507. The molecular weight excluding hydrogens is 346 g/mol. The lowest BCUT2D eigenvalue weighted by atomic mass is 9.98. The Labute approximate surface area is 159 Å². The van der Waals surface area contributed by atoms with Crippen molar-refractivity contribution in [3.8, 4) is 11.5 Å². The summed E-state index contributed by atoms with van der Waals surface area (Å²) in [5, 5.41) is 12.2. The molecule has 2 aromatic rings. The van der Waals surface area contributed by atoms with Crippen LogP contribution >= 0.6 is 0 Å². The van der Waals surface area contributed by atoms with Gasteiger partial charge in [-0.05, 0) is 42.7 Å². The second kappa shape index (κ2) is 10.2. The maximum absolute atomic E-state index is 12.2. The topological polar surface area (TPSA) is 84.9 Å². The van der Waals surface area contributed by atoms with Gasteiger partial charge in [0.05, 0.1) is 26.1 Å². The summed E-state index contributed by atoms with van der Waals surface area (Å²) < 4.78 is 10.6. The summed E-state index contributed by atoms with van der Waals surface area (Å²) in [6.07, 6.45) is 0.468. The SMILES string of the molecule is CCOc1ccc(CC(=O)NCC(Cc2ccccc2OC)C(=O)O)cc1. The average molecular weight is 371 g/mol. The highest BCUT2D eigenvalue weighted by molar-refractivity contribution is 5.79. The first-order valence-corrected chi connectivity index (χ1v) is 8.86. The molecule has 27 heavy (non-hydrogen) atoms. The zero-order chi connectivity index (χ0) is 19.6. The Hall–Kier alpha value is -3.02. The molecule has 1 atom stereocenters. The molecule has 0 aliphatic rings. The van der Waals surface area contributed by atoms with E-state index >= 15 is 0 Å². The molecule has 1 amide bonds. The van der Waals surface area contributed by atoms with Gasteiger partial charge in [-0.25, -0.2) is 0 Å². The lowest BCUT2D eigenvalue weighted by Gasteiger charge is -2.15. The molecule has 0 saturated heterocycles. The fourth-order valence-electron chi connectivity index (χ4n) is 2.74. The van der Waals surface area contributed by atoms with Gasteiger partial charge in [-0.15, -0.1) is 0 Å². The summed E-state index contributed by atoms with van der Waals surface area (Å²) in [6, 6.07) is 14.6. The Kier molecular flexibility index (Phi) is 7.67. The van der Waals surface area contributed by atoms with Crippen molar-refractivity contribution in [3.63, 3.8) is 0 Å². The van der Waals surface area contributed by atoms with Crippen LogP contribution in [0.25, 0.3) is 0 Å². The van der Waals surface area contributed by atoms with Crippen LogP contribution in [0.1, 0.15) is 18.1 Å². The van der Waals surface area contributed by atoms with Gasteiger partial charge in [0.25, 0.3) is 0 Å². The zero-order valence-electron chi connectivity index (χ0n) is 15.6. The predicted molar refractivity (Wildman–Crippen MR) is 102 cm³/mol. The van der Waals surface area contributed by atoms with E-state index in [0.717, 1.165) is 16.9 Å². The highest BCUT2D eigenvalue weighted by Gasteiger charge is 2.20. The molecule has 0 saturated carbocycles. The highest BCUT2D eigenvalue weighted by Crippen LogP contribution is 2.21. The normalized spacial score (nSPS) is 11.5. The van der Waals surface area contributed by atoms with Crippen LogP contribution in [0.4, 0.5) is 0 Å². The van der Waals surface area contributed by atoms with Crippen molar-refractivity contribution < 1.29 is 24.2 Å². The molecule has 0 spiro atoms. The van der Waals surface area contributed by atoms with Gasteiger partial charge in [-0.2, -0.15) is 0 Å². The van der Waals surface area contributed by atoms with E-state index in [1.54, 1.807) is 13.2 Å². The first-order valence-electron chi connectivity index (χ1n) is 8.86. The van der Waals surface area contributed by atoms with Gasteiger partial charge in [0, 0.05) is 6.54 Å². The number of aliphatic carboxylic acids is 1. The van der Waals surface area contributed by atoms with Gasteiger partial charge in [0.15, 0.2) is 0 Å². The van der Waals surface area contributed by atoms with E-state index in [1.165, 1.54) is 0 Å². The maximum atomic E-state index is 12.2. The van der Waals surface area contributed by atoms with Gasteiger partial charge in [0.1, 0.15) is 11.5 Å². The van der Waals surface area contributed by atoms with Crippen LogP contribution in [-0.4, -0.2) is 37.2 Å². The van der Waals surface area contributed by atoms with E-state index in [4.69, 9.17) is 9.47 Å². The van der Waals surface area contributed by atoms with Gasteiger partial charge < -0.3 is 19.9 Å². The van der Waals surface area contributed by atoms with E-state index < -0.39 is 11.9 Å². The number of carbonyl (C=O) groups is 2. The number of hydrogen-bond acceptors (Lipinski definition) is 4. The van der Waals surface area contributed by atoms with Gasteiger partial charge in [-0.3, -0.25) is 9.59 Å². The Morgan fingerprint density at radius 1 is 1.11 bits per heavy atom. The number of hydrogen-bond donors (Lipinski definition) is 2. The molecule has 0 aliphatic carbocycles. The van der Waals surface area contributed by atoms with Crippen molar-refractivity contribution in [2.24, 2.45) is 5.92 Å². The minimum atomic E-state index is -0.956. The summed E-state index contributed by atoms with van der Waals surface area (Å²) in [6.45, 7) is 2.55. The number of rotatable bonds is 10. The summed E-state index contributed by atoms with van der Waals surface area (Å²) >= 11 is 0. The second-order valence-corrected chi connectivity index (χ2v) is 6.11. The first kappa shape index (κ1) is 20.3. The summed E-state index contributed by atoms with van der Waals surface area (Å²) in [5.41, 5.74) is 1.64. The van der Waals surface area contributed by atoms with E-state index in [9.17, 15) is 14.7 Å². The molecule has 0 bridgehead atoms. The van der Waals surface area contributed by atoms with Crippen LogP contribution in [0.15, 0.2) is 48.5 Å². The quantitative estimate of drug-likeness (QED) is 0.671. The Bertz CT molecular complexity index is 757. The lowest BCUT2D eigenvalue weighted by molar-refractivity contribution is -0.141. The molecule has 2 N–H and O–H groups in total. The Morgan fingerprint density at radius 2 is 1.81 bits per heavy atom. The molecule has 0 heterocycles. The van der Waals surface area contributed by atoms with Crippen LogP contribution in [0, 0.1) is 5.92 Å². The number of benzene rings is 2. The molecular formula is C21H25NO5. The molecule has 2 aromatic carbocycles. The number of carboxylic acid groups (broad SMARTS) is 1. The predicted octanol–water partition coefficient (Wildman–Crippen LogP) is 2.70. The molecule has 144 valence electrons. The lowest BCUT2D eigenvalue weighted by Crippen LogP contribution is -2.35. The number of ether oxygens (including phenoxy) is 2. The Balaban J connectivity index is 1.91. The standard InChI is InChI=1S/C21H25NO5/c1-3-27-18-10-8-15(9-11-18)12-20(23)22-14-17(21(24)25)13-16-6-4-5-7-19(16)26-2/h4-11,17H,3,12-14H2,1-2H3,(H,22,23)(H,24,25). The molecule has 0 aromatic heterocycles. The smallest absolute Gasteiger partial charge is 0.308 e. The number of amides is 1. The van der Waals surface area contributed by atoms with Crippen molar-refractivity contribution in [2.45, 2.75) is 19.8 Å². The minimum absolute atomic E-state index is 0.0588. The molecule has 0 fully saturated rings. The van der Waals surface area contributed by atoms with Gasteiger partial charge in [-0.1, -0.05) is 30.3 Å². The number of para-hydroxylation sites is 1. The number of nitrogens with one attached hydrogen (secondary N) is 1. The third-order valence-electron chi connectivity index (χ3n) is 4.15. The van der Waals surface area contributed by atoms with E-state index in [-0.39, 0.29) is 25.3 Å². The maximum Gasteiger partial charge on any atom is 0.308 e. The average Bonchev–Trinajstić information content (AvgIpc) is 2.67. The molecule has 6 nitrogen and oxygen atoms in total. The van der Waals surface area contributed by atoms with Crippen LogP contribution in [-0.2, 0) is 22.4 Å².